The van der Waals surface area contributed by atoms with Crippen molar-refractivity contribution in [1.29, 1.82) is 0 Å². The molecule has 3 N–H and O–H groups in total. The fourth-order valence-corrected chi connectivity index (χ4v) is 1.78. The minimum Gasteiger partial charge on any atom is -0.355 e. The molecule has 0 spiro atoms. The maximum Gasteiger partial charge on any atom is 0.220 e. The Morgan fingerprint density at radius 1 is 1.47 bits per heavy atom. The van der Waals surface area contributed by atoms with Gasteiger partial charge in [0.2, 0.25) is 5.91 Å². The molecule has 0 aliphatic carbocycles. The summed E-state index contributed by atoms with van der Waals surface area (Å²) in [7, 11) is 0. The maximum atomic E-state index is 13.2. The highest BCUT2D eigenvalue weighted by atomic mass is 19.1. The van der Waals surface area contributed by atoms with Crippen LogP contribution in [-0.4, -0.2) is 18.5 Å². The second-order valence-electron chi connectivity index (χ2n) is 5.69. The molecule has 0 fully saturated rings. The Morgan fingerprint density at radius 3 is 2.74 bits per heavy atom. The lowest BCUT2D eigenvalue weighted by molar-refractivity contribution is -0.121. The monoisotopic (exact) mass is 266 g/mol. The van der Waals surface area contributed by atoms with Crippen molar-refractivity contribution < 1.29 is 9.18 Å². The Bertz CT molecular complexity index is 430. The van der Waals surface area contributed by atoms with Crippen molar-refractivity contribution in [3.8, 4) is 0 Å². The molecular formula is C15H23FN2O. The number of carbonyl (C=O) groups is 1. The van der Waals surface area contributed by atoms with Crippen LogP contribution < -0.4 is 11.1 Å². The number of carbonyl (C=O) groups excluding carboxylic acids is 1. The molecule has 3 nitrogen and oxygen atoms in total. The summed E-state index contributed by atoms with van der Waals surface area (Å²) in [5.74, 6) is -0.268. The van der Waals surface area contributed by atoms with E-state index >= 15 is 0 Å². The van der Waals surface area contributed by atoms with E-state index in [1.54, 1.807) is 6.07 Å². The van der Waals surface area contributed by atoms with E-state index in [1.165, 1.54) is 12.1 Å². The molecular weight excluding hydrogens is 243 g/mol. The van der Waals surface area contributed by atoms with Gasteiger partial charge in [0, 0.05) is 24.4 Å². The van der Waals surface area contributed by atoms with Gasteiger partial charge in [-0.2, -0.15) is 0 Å². The van der Waals surface area contributed by atoms with Crippen molar-refractivity contribution >= 4 is 5.91 Å². The smallest absolute Gasteiger partial charge is 0.220 e. The first kappa shape index (κ1) is 15.6. The third-order valence-electron chi connectivity index (χ3n) is 3.16. The summed E-state index contributed by atoms with van der Waals surface area (Å²) in [5.41, 5.74) is 6.18. The molecule has 4 heteroatoms. The van der Waals surface area contributed by atoms with E-state index in [9.17, 15) is 9.18 Å². The van der Waals surface area contributed by atoms with E-state index in [0.29, 0.717) is 19.4 Å². The molecule has 0 bridgehead atoms. The molecule has 1 amide bonds. The fourth-order valence-electron chi connectivity index (χ4n) is 1.78. The SMILES string of the molecule is CC(N)CCC(=O)NCC(C)(C)c1cccc(F)c1. The first-order valence-electron chi connectivity index (χ1n) is 6.59. The lowest BCUT2D eigenvalue weighted by Crippen LogP contribution is -2.37. The summed E-state index contributed by atoms with van der Waals surface area (Å²) in [6.07, 6.45) is 1.10. The Kier molecular flexibility index (Phi) is 5.48. The van der Waals surface area contributed by atoms with Gasteiger partial charge in [0.1, 0.15) is 5.82 Å². The number of amides is 1. The molecule has 0 radical (unpaired) electrons. The van der Waals surface area contributed by atoms with Crippen LogP contribution in [0.3, 0.4) is 0 Å². The maximum absolute atomic E-state index is 13.2. The van der Waals surface area contributed by atoms with E-state index in [4.69, 9.17) is 5.73 Å². The van der Waals surface area contributed by atoms with Crippen molar-refractivity contribution in [2.75, 3.05) is 6.54 Å². The third-order valence-corrected chi connectivity index (χ3v) is 3.16. The van der Waals surface area contributed by atoms with Crippen molar-refractivity contribution in [3.05, 3.63) is 35.6 Å². The van der Waals surface area contributed by atoms with Crippen LogP contribution in [0.5, 0.6) is 0 Å². The van der Waals surface area contributed by atoms with Gasteiger partial charge in [-0.15, -0.1) is 0 Å². The summed E-state index contributed by atoms with van der Waals surface area (Å²) in [4.78, 5) is 11.7. The number of hydrogen-bond acceptors (Lipinski definition) is 2. The van der Waals surface area contributed by atoms with Crippen molar-refractivity contribution in [3.63, 3.8) is 0 Å². The predicted octanol–water partition coefficient (Wildman–Crippen LogP) is 2.35. The Labute approximate surface area is 114 Å². The minimum absolute atomic E-state index is 0.0122. The van der Waals surface area contributed by atoms with Crippen molar-refractivity contribution in [1.82, 2.24) is 5.32 Å². The fraction of sp³-hybridized carbons (Fsp3) is 0.533. The minimum atomic E-state index is -0.300. The molecule has 0 saturated carbocycles. The van der Waals surface area contributed by atoms with Gasteiger partial charge in [-0.25, -0.2) is 4.39 Å². The van der Waals surface area contributed by atoms with E-state index in [1.807, 2.05) is 26.8 Å². The average Bonchev–Trinajstić information content (AvgIpc) is 2.34. The lowest BCUT2D eigenvalue weighted by atomic mass is 9.84. The van der Waals surface area contributed by atoms with E-state index < -0.39 is 0 Å². The molecule has 106 valence electrons. The van der Waals surface area contributed by atoms with Crippen LogP contribution in [0.25, 0.3) is 0 Å². The van der Waals surface area contributed by atoms with Crippen LogP contribution in [0.15, 0.2) is 24.3 Å². The molecule has 1 atom stereocenters. The van der Waals surface area contributed by atoms with Gasteiger partial charge < -0.3 is 11.1 Å². The number of benzene rings is 1. The third kappa shape index (κ3) is 5.39. The van der Waals surface area contributed by atoms with Gasteiger partial charge in [0.15, 0.2) is 0 Å². The topological polar surface area (TPSA) is 55.1 Å². The van der Waals surface area contributed by atoms with Crippen LogP contribution in [0, 0.1) is 5.82 Å². The second kappa shape index (κ2) is 6.66. The number of rotatable bonds is 6. The Hall–Kier alpha value is -1.42. The molecule has 1 rings (SSSR count). The highest BCUT2D eigenvalue weighted by Crippen LogP contribution is 2.22. The molecule has 1 aromatic rings. The lowest BCUT2D eigenvalue weighted by Gasteiger charge is -2.25. The van der Waals surface area contributed by atoms with Crippen LogP contribution >= 0.6 is 0 Å². The van der Waals surface area contributed by atoms with Gasteiger partial charge in [0.25, 0.3) is 0 Å². The molecule has 1 aromatic carbocycles. The van der Waals surface area contributed by atoms with Crippen LogP contribution in [-0.2, 0) is 10.2 Å². The molecule has 1 unspecified atom stereocenters. The zero-order valence-electron chi connectivity index (χ0n) is 11.9. The molecule has 19 heavy (non-hydrogen) atoms. The average molecular weight is 266 g/mol. The van der Waals surface area contributed by atoms with Gasteiger partial charge in [-0.3, -0.25) is 4.79 Å². The first-order chi connectivity index (χ1) is 8.81. The summed E-state index contributed by atoms with van der Waals surface area (Å²) in [6, 6.07) is 6.51. The number of hydrogen-bond donors (Lipinski definition) is 2. The number of nitrogens with one attached hydrogen (secondary N) is 1. The molecule has 0 heterocycles. The highest BCUT2D eigenvalue weighted by molar-refractivity contribution is 5.76. The number of nitrogens with two attached hydrogens (primary N) is 1. The van der Waals surface area contributed by atoms with Gasteiger partial charge >= 0.3 is 0 Å². The van der Waals surface area contributed by atoms with Crippen molar-refractivity contribution in [2.45, 2.75) is 45.1 Å². The normalized spacial score (nSPS) is 13.1. The van der Waals surface area contributed by atoms with E-state index in [-0.39, 0.29) is 23.2 Å². The predicted molar refractivity (Wildman–Crippen MR) is 75.3 cm³/mol. The highest BCUT2D eigenvalue weighted by Gasteiger charge is 2.21. The molecule has 0 aliphatic heterocycles. The summed E-state index contributed by atoms with van der Waals surface area (Å²) in [5, 5.41) is 2.88. The number of halogens is 1. The molecule has 0 aliphatic rings. The molecule has 0 aromatic heterocycles. The standard InChI is InChI=1S/C15H23FN2O/c1-11(17)7-8-14(19)18-10-15(2,3)12-5-4-6-13(16)9-12/h4-6,9,11H,7-8,10,17H2,1-3H3,(H,18,19). The zero-order valence-corrected chi connectivity index (χ0v) is 11.9. The summed E-state index contributed by atoms with van der Waals surface area (Å²) < 4.78 is 13.2. The van der Waals surface area contributed by atoms with Crippen LogP contribution in [0.1, 0.15) is 39.2 Å². The summed E-state index contributed by atoms with van der Waals surface area (Å²) >= 11 is 0. The second-order valence-corrected chi connectivity index (χ2v) is 5.69. The quantitative estimate of drug-likeness (QED) is 0.830. The Balaban J connectivity index is 2.53. The van der Waals surface area contributed by atoms with Gasteiger partial charge in [-0.05, 0) is 31.0 Å². The van der Waals surface area contributed by atoms with Gasteiger partial charge in [-0.1, -0.05) is 26.0 Å². The van der Waals surface area contributed by atoms with E-state index in [2.05, 4.69) is 5.32 Å². The zero-order chi connectivity index (χ0) is 14.5. The molecule has 0 saturated heterocycles. The van der Waals surface area contributed by atoms with Gasteiger partial charge in [0.05, 0.1) is 0 Å². The van der Waals surface area contributed by atoms with Crippen molar-refractivity contribution in [2.24, 2.45) is 5.73 Å². The van der Waals surface area contributed by atoms with E-state index in [0.717, 1.165) is 5.56 Å². The summed E-state index contributed by atoms with van der Waals surface area (Å²) in [6.45, 7) is 6.32. The van der Waals surface area contributed by atoms with Crippen LogP contribution in [0.4, 0.5) is 4.39 Å². The largest absolute Gasteiger partial charge is 0.355 e. The van der Waals surface area contributed by atoms with Crippen LogP contribution in [0.2, 0.25) is 0 Å². The Morgan fingerprint density at radius 2 is 2.16 bits per heavy atom. The first-order valence-corrected chi connectivity index (χ1v) is 6.59.